The van der Waals surface area contributed by atoms with Crippen LogP contribution in [0.3, 0.4) is 0 Å². The number of primary amides is 1. The lowest BCUT2D eigenvalue weighted by molar-refractivity contribution is -0.118. The molecule has 1 rings (SSSR count). The highest BCUT2D eigenvalue weighted by Gasteiger charge is 2.15. The average molecular weight is 224 g/mol. The van der Waals surface area contributed by atoms with Crippen molar-refractivity contribution in [2.45, 2.75) is 19.4 Å². The maximum atomic E-state index is 13.5. The van der Waals surface area contributed by atoms with Crippen molar-refractivity contribution in [3.63, 3.8) is 0 Å². The van der Waals surface area contributed by atoms with Crippen LogP contribution in [-0.2, 0) is 4.79 Å². The van der Waals surface area contributed by atoms with Crippen molar-refractivity contribution < 1.29 is 9.18 Å². The highest BCUT2D eigenvalue weighted by molar-refractivity contribution is 5.73. The molecule has 0 aromatic heterocycles. The van der Waals surface area contributed by atoms with E-state index in [1.54, 1.807) is 18.2 Å². The Balaban J connectivity index is 2.66. The van der Waals surface area contributed by atoms with Crippen molar-refractivity contribution in [2.75, 3.05) is 13.6 Å². The Labute approximate surface area is 95.0 Å². The lowest BCUT2D eigenvalue weighted by atomic mass is 10.1. The van der Waals surface area contributed by atoms with Gasteiger partial charge in [-0.15, -0.1) is 0 Å². The Morgan fingerprint density at radius 1 is 1.50 bits per heavy atom. The van der Waals surface area contributed by atoms with Gasteiger partial charge in [0.1, 0.15) is 5.82 Å². The van der Waals surface area contributed by atoms with Gasteiger partial charge in [0.05, 0.1) is 0 Å². The van der Waals surface area contributed by atoms with Gasteiger partial charge in [0.15, 0.2) is 0 Å². The molecule has 2 N–H and O–H groups in total. The molecule has 16 heavy (non-hydrogen) atoms. The second-order valence-corrected chi connectivity index (χ2v) is 3.89. The minimum absolute atomic E-state index is 0.0689. The van der Waals surface area contributed by atoms with E-state index in [1.807, 2.05) is 18.9 Å². The van der Waals surface area contributed by atoms with Crippen LogP contribution in [0.4, 0.5) is 4.39 Å². The molecule has 0 heterocycles. The normalized spacial score (nSPS) is 12.8. The minimum Gasteiger partial charge on any atom is -0.370 e. The van der Waals surface area contributed by atoms with Gasteiger partial charge in [0.25, 0.3) is 0 Å². The molecule has 88 valence electrons. The summed E-state index contributed by atoms with van der Waals surface area (Å²) in [5.74, 6) is -0.562. The molecule has 0 aliphatic heterocycles. The van der Waals surface area contributed by atoms with Crippen molar-refractivity contribution in [1.29, 1.82) is 0 Å². The molecule has 4 heteroatoms. The number of carbonyl (C=O) groups excluding carboxylic acids is 1. The molecule has 0 bridgehead atoms. The Bertz CT molecular complexity index is 368. The van der Waals surface area contributed by atoms with E-state index in [0.29, 0.717) is 12.1 Å². The number of hydrogen-bond donors (Lipinski definition) is 1. The second-order valence-electron chi connectivity index (χ2n) is 3.89. The highest BCUT2D eigenvalue weighted by Crippen LogP contribution is 2.21. The van der Waals surface area contributed by atoms with Gasteiger partial charge in [0, 0.05) is 24.6 Å². The van der Waals surface area contributed by atoms with E-state index >= 15 is 0 Å². The summed E-state index contributed by atoms with van der Waals surface area (Å²) in [5.41, 5.74) is 5.70. The standard InChI is InChI=1S/C12H17FN2O/c1-9(15(2)8-7-12(14)16)10-5-3-4-6-11(10)13/h3-6,9H,7-8H2,1-2H3,(H2,14,16). The molecule has 0 aliphatic rings. The maximum absolute atomic E-state index is 13.5. The van der Waals surface area contributed by atoms with Crippen LogP contribution in [0.2, 0.25) is 0 Å². The van der Waals surface area contributed by atoms with Crippen LogP contribution < -0.4 is 5.73 Å². The molecule has 0 aliphatic carbocycles. The van der Waals surface area contributed by atoms with Gasteiger partial charge in [-0.2, -0.15) is 0 Å². The smallest absolute Gasteiger partial charge is 0.218 e. The summed E-state index contributed by atoms with van der Waals surface area (Å²) in [6.07, 6.45) is 0.287. The third-order valence-corrected chi connectivity index (χ3v) is 2.73. The molecule has 1 atom stereocenters. The summed E-state index contributed by atoms with van der Waals surface area (Å²) in [7, 11) is 1.85. The number of amides is 1. The van der Waals surface area contributed by atoms with Gasteiger partial charge < -0.3 is 5.73 Å². The fourth-order valence-electron chi connectivity index (χ4n) is 1.53. The van der Waals surface area contributed by atoms with Gasteiger partial charge in [-0.25, -0.2) is 4.39 Å². The fraction of sp³-hybridized carbons (Fsp3) is 0.417. The van der Waals surface area contributed by atoms with Crippen molar-refractivity contribution in [3.05, 3.63) is 35.6 Å². The number of rotatable bonds is 5. The van der Waals surface area contributed by atoms with Crippen LogP contribution in [-0.4, -0.2) is 24.4 Å². The Kier molecular flexibility index (Phi) is 4.43. The summed E-state index contributed by atoms with van der Waals surface area (Å²) in [4.78, 5) is 12.6. The van der Waals surface area contributed by atoms with Crippen molar-refractivity contribution in [1.82, 2.24) is 4.90 Å². The molecule has 3 nitrogen and oxygen atoms in total. The summed E-state index contributed by atoms with van der Waals surface area (Å²) < 4.78 is 13.5. The second kappa shape index (κ2) is 5.61. The van der Waals surface area contributed by atoms with E-state index in [1.165, 1.54) is 6.07 Å². The SMILES string of the molecule is CC(c1ccccc1F)N(C)CCC(N)=O. The fourth-order valence-corrected chi connectivity index (χ4v) is 1.53. The van der Waals surface area contributed by atoms with Crippen LogP contribution in [0.15, 0.2) is 24.3 Å². The summed E-state index contributed by atoms with van der Waals surface area (Å²) >= 11 is 0. The first-order chi connectivity index (χ1) is 7.52. The van der Waals surface area contributed by atoms with E-state index in [-0.39, 0.29) is 24.2 Å². The van der Waals surface area contributed by atoms with Gasteiger partial charge >= 0.3 is 0 Å². The van der Waals surface area contributed by atoms with Crippen LogP contribution in [0.1, 0.15) is 24.9 Å². The molecule has 0 saturated carbocycles. The van der Waals surface area contributed by atoms with Crippen molar-refractivity contribution in [3.8, 4) is 0 Å². The third kappa shape index (κ3) is 3.31. The molecule has 0 radical (unpaired) electrons. The Morgan fingerprint density at radius 3 is 2.69 bits per heavy atom. The molecule has 0 saturated heterocycles. The van der Waals surface area contributed by atoms with Gasteiger partial charge in [-0.3, -0.25) is 9.69 Å². The topological polar surface area (TPSA) is 46.3 Å². The van der Waals surface area contributed by atoms with E-state index < -0.39 is 0 Å². The summed E-state index contributed by atoms with van der Waals surface area (Å²) in [6, 6.07) is 6.58. The average Bonchev–Trinajstić information content (AvgIpc) is 2.25. The van der Waals surface area contributed by atoms with E-state index in [9.17, 15) is 9.18 Å². The lowest BCUT2D eigenvalue weighted by Crippen LogP contribution is -2.27. The summed E-state index contributed by atoms with van der Waals surface area (Å²) in [6.45, 7) is 2.43. The van der Waals surface area contributed by atoms with Gasteiger partial charge in [-0.1, -0.05) is 18.2 Å². The number of nitrogens with zero attached hydrogens (tertiary/aromatic N) is 1. The molecule has 1 unspecified atom stereocenters. The molecule has 1 aromatic rings. The largest absolute Gasteiger partial charge is 0.370 e. The van der Waals surface area contributed by atoms with Crippen LogP contribution in [0, 0.1) is 5.82 Å². The van der Waals surface area contributed by atoms with Crippen LogP contribution >= 0.6 is 0 Å². The zero-order valence-corrected chi connectivity index (χ0v) is 9.61. The third-order valence-electron chi connectivity index (χ3n) is 2.73. The molecule has 1 amide bonds. The number of benzene rings is 1. The number of carbonyl (C=O) groups is 1. The van der Waals surface area contributed by atoms with Crippen molar-refractivity contribution in [2.24, 2.45) is 5.73 Å². The number of hydrogen-bond acceptors (Lipinski definition) is 2. The van der Waals surface area contributed by atoms with E-state index in [4.69, 9.17) is 5.73 Å². The molecular weight excluding hydrogens is 207 g/mol. The number of halogens is 1. The van der Waals surface area contributed by atoms with Crippen LogP contribution in [0.5, 0.6) is 0 Å². The first-order valence-electron chi connectivity index (χ1n) is 5.25. The molecular formula is C12H17FN2O. The quantitative estimate of drug-likeness (QED) is 0.827. The predicted molar refractivity (Wildman–Crippen MR) is 61.3 cm³/mol. The lowest BCUT2D eigenvalue weighted by Gasteiger charge is -2.24. The maximum Gasteiger partial charge on any atom is 0.218 e. The zero-order chi connectivity index (χ0) is 12.1. The van der Waals surface area contributed by atoms with Gasteiger partial charge in [0.2, 0.25) is 5.91 Å². The van der Waals surface area contributed by atoms with Gasteiger partial charge in [-0.05, 0) is 20.0 Å². The highest BCUT2D eigenvalue weighted by atomic mass is 19.1. The Hall–Kier alpha value is -1.42. The van der Waals surface area contributed by atoms with Crippen molar-refractivity contribution >= 4 is 5.91 Å². The molecule has 0 spiro atoms. The van der Waals surface area contributed by atoms with E-state index in [0.717, 1.165) is 0 Å². The zero-order valence-electron chi connectivity index (χ0n) is 9.61. The Morgan fingerprint density at radius 2 is 2.12 bits per heavy atom. The minimum atomic E-state index is -0.340. The monoisotopic (exact) mass is 224 g/mol. The summed E-state index contributed by atoms with van der Waals surface area (Å²) in [5, 5.41) is 0. The predicted octanol–water partition coefficient (Wildman–Crippen LogP) is 1.69. The number of nitrogens with two attached hydrogens (primary N) is 1. The molecule has 1 aromatic carbocycles. The van der Waals surface area contributed by atoms with E-state index in [2.05, 4.69) is 0 Å². The molecule has 0 fully saturated rings. The van der Waals surface area contributed by atoms with Crippen LogP contribution in [0.25, 0.3) is 0 Å². The first-order valence-corrected chi connectivity index (χ1v) is 5.25. The first kappa shape index (κ1) is 12.6.